The maximum atomic E-state index is 6.11. The zero-order valence-electron chi connectivity index (χ0n) is 13.3. The van der Waals surface area contributed by atoms with Crippen LogP contribution in [0.25, 0.3) is 22.4 Å². The van der Waals surface area contributed by atoms with Gasteiger partial charge in [-0.25, -0.2) is 9.97 Å². The van der Waals surface area contributed by atoms with E-state index >= 15 is 0 Å². The zero-order valence-corrected chi connectivity index (χ0v) is 14.1. The van der Waals surface area contributed by atoms with Crippen LogP contribution in [0.3, 0.4) is 0 Å². The van der Waals surface area contributed by atoms with Crippen LogP contribution in [0.15, 0.2) is 48.7 Å². The second-order valence-electron chi connectivity index (χ2n) is 6.31. The highest BCUT2D eigenvalue weighted by Gasteiger charge is 2.18. The molecule has 4 nitrogen and oxygen atoms in total. The number of fused-ring (bicyclic) bond motifs is 1. The van der Waals surface area contributed by atoms with Crippen molar-refractivity contribution in [3.63, 3.8) is 0 Å². The zero-order chi connectivity index (χ0) is 16.5. The summed E-state index contributed by atoms with van der Waals surface area (Å²) < 4.78 is 0. The van der Waals surface area contributed by atoms with Crippen molar-refractivity contribution in [3.8, 4) is 11.4 Å². The van der Waals surface area contributed by atoms with E-state index in [0.717, 1.165) is 48.1 Å². The first-order valence-electron chi connectivity index (χ1n) is 8.23. The molecule has 0 aliphatic heterocycles. The molecule has 0 unspecified atom stereocenters. The van der Waals surface area contributed by atoms with Gasteiger partial charge in [-0.15, -0.1) is 0 Å². The highest BCUT2D eigenvalue weighted by molar-refractivity contribution is 6.30. The van der Waals surface area contributed by atoms with E-state index in [2.05, 4.69) is 21.9 Å². The van der Waals surface area contributed by atoms with Crippen LogP contribution in [0, 0.1) is 0 Å². The van der Waals surface area contributed by atoms with Crippen molar-refractivity contribution in [1.82, 2.24) is 15.0 Å². The number of aromatic amines is 1. The summed E-state index contributed by atoms with van der Waals surface area (Å²) in [6.07, 6.45) is 6.26. The molecular formula is C19H19ClN4. The summed E-state index contributed by atoms with van der Waals surface area (Å²) in [5.74, 6) is 1.56. The van der Waals surface area contributed by atoms with E-state index in [4.69, 9.17) is 16.6 Å². The predicted octanol–water partition coefficient (Wildman–Crippen LogP) is 5.19. The largest absolute Gasteiger partial charge is 0.367 e. The van der Waals surface area contributed by atoms with Gasteiger partial charge >= 0.3 is 0 Å². The fraction of sp³-hybridized carbons (Fsp3) is 0.263. The number of benzene rings is 1. The predicted molar refractivity (Wildman–Crippen MR) is 99.4 cm³/mol. The molecule has 1 aliphatic carbocycles. The molecule has 2 heterocycles. The summed E-state index contributed by atoms with van der Waals surface area (Å²) in [6.45, 7) is 4.09. The Hall–Kier alpha value is -2.33. The number of nitrogens with zero attached hydrogens (tertiary/aromatic N) is 2. The van der Waals surface area contributed by atoms with E-state index in [9.17, 15) is 0 Å². The van der Waals surface area contributed by atoms with E-state index in [0.29, 0.717) is 16.9 Å². The van der Waals surface area contributed by atoms with Gasteiger partial charge < -0.3 is 10.3 Å². The normalized spacial score (nSPS) is 15.8. The highest BCUT2D eigenvalue weighted by atomic mass is 35.5. The molecule has 1 saturated carbocycles. The molecule has 3 aromatic rings. The van der Waals surface area contributed by atoms with Gasteiger partial charge in [0.2, 0.25) is 0 Å². The molecule has 0 bridgehead atoms. The number of anilines is 1. The smallest absolute Gasteiger partial charge is 0.163 e. The van der Waals surface area contributed by atoms with Gasteiger partial charge in [0.1, 0.15) is 11.5 Å². The van der Waals surface area contributed by atoms with Gasteiger partial charge in [0.05, 0.1) is 5.39 Å². The highest BCUT2D eigenvalue weighted by Crippen LogP contribution is 2.29. The molecule has 2 N–H and O–H groups in total. The molecule has 122 valence electrons. The summed E-state index contributed by atoms with van der Waals surface area (Å²) in [4.78, 5) is 12.6. The van der Waals surface area contributed by atoms with Crippen LogP contribution in [0.2, 0.25) is 5.02 Å². The van der Waals surface area contributed by atoms with Gasteiger partial charge in [-0.1, -0.05) is 35.9 Å². The molecular weight excluding hydrogens is 320 g/mol. The molecule has 24 heavy (non-hydrogen) atoms. The molecule has 2 aromatic heterocycles. The van der Waals surface area contributed by atoms with Gasteiger partial charge in [0, 0.05) is 22.8 Å². The Bertz CT molecular complexity index is 889. The second-order valence-corrected chi connectivity index (χ2v) is 6.75. The summed E-state index contributed by atoms with van der Waals surface area (Å²) in [6, 6.07) is 10.1. The number of hydrogen-bond donors (Lipinski definition) is 2. The lowest BCUT2D eigenvalue weighted by Gasteiger charge is -2.25. The topological polar surface area (TPSA) is 53.6 Å². The third-order valence-corrected chi connectivity index (χ3v) is 4.77. The molecule has 1 fully saturated rings. The molecule has 0 saturated heterocycles. The van der Waals surface area contributed by atoms with Gasteiger partial charge in [-0.2, -0.15) is 0 Å². The fourth-order valence-electron chi connectivity index (χ4n) is 3.17. The number of halogens is 1. The second kappa shape index (κ2) is 6.29. The minimum Gasteiger partial charge on any atom is -0.367 e. The molecule has 1 aliphatic rings. The average Bonchev–Trinajstić information content (AvgIpc) is 3.06. The molecule has 4 rings (SSSR count). The lowest BCUT2D eigenvalue weighted by Crippen LogP contribution is -2.23. The lowest BCUT2D eigenvalue weighted by atomic mass is 9.92. The number of H-pyrrole nitrogens is 1. The van der Waals surface area contributed by atoms with Gasteiger partial charge in [-0.3, -0.25) is 0 Å². The van der Waals surface area contributed by atoms with Crippen molar-refractivity contribution >= 4 is 28.5 Å². The van der Waals surface area contributed by atoms with E-state index in [1.54, 1.807) is 0 Å². The maximum Gasteiger partial charge on any atom is 0.163 e. The minimum atomic E-state index is 0.427. The van der Waals surface area contributed by atoms with Crippen LogP contribution in [-0.2, 0) is 0 Å². The van der Waals surface area contributed by atoms with Crippen molar-refractivity contribution in [2.45, 2.75) is 31.7 Å². The standard InChI is InChI=1S/C19H19ClN4/c1-12-5-7-15(8-6-12)22-19-16-9-10-21-18(16)23-17(24-19)13-3-2-4-14(20)11-13/h2-4,9-11,15H,1,5-8H2,(H2,21,22,23,24). The molecule has 0 radical (unpaired) electrons. The average molecular weight is 339 g/mol. The Balaban J connectivity index is 1.71. The van der Waals surface area contributed by atoms with Crippen LogP contribution >= 0.6 is 11.6 Å². The summed E-state index contributed by atoms with van der Waals surface area (Å²) in [5.41, 5.74) is 3.10. The molecule has 1 aromatic carbocycles. The summed E-state index contributed by atoms with van der Waals surface area (Å²) >= 11 is 6.11. The van der Waals surface area contributed by atoms with Crippen molar-refractivity contribution < 1.29 is 0 Å². The van der Waals surface area contributed by atoms with Gasteiger partial charge in [-0.05, 0) is 43.9 Å². The third-order valence-electron chi connectivity index (χ3n) is 4.53. The van der Waals surface area contributed by atoms with E-state index in [-0.39, 0.29) is 0 Å². The van der Waals surface area contributed by atoms with Crippen molar-refractivity contribution in [2.75, 3.05) is 5.32 Å². The Morgan fingerprint density at radius 2 is 2.00 bits per heavy atom. The summed E-state index contributed by atoms with van der Waals surface area (Å²) in [5, 5.41) is 5.31. The number of nitrogens with one attached hydrogen (secondary N) is 2. The van der Waals surface area contributed by atoms with Crippen molar-refractivity contribution in [2.24, 2.45) is 0 Å². The SMILES string of the molecule is C=C1CCC(Nc2nc(-c3cccc(Cl)c3)nc3[nH]ccc23)CC1. The van der Waals surface area contributed by atoms with Crippen LogP contribution in [-0.4, -0.2) is 21.0 Å². The number of hydrogen-bond acceptors (Lipinski definition) is 3. The van der Waals surface area contributed by atoms with E-state index in [1.807, 2.05) is 36.5 Å². The molecule has 5 heteroatoms. The molecule has 0 amide bonds. The van der Waals surface area contributed by atoms with Crippen LogP contribution in [0.4, 0.5) is 5.82 Å². The Morgan fingerprint density at radius 3 is 2.79 bits per heavy atom. The first-order chi connectivity index (χ1) is 11.7. The molecule has 0 atom stereocenters. The van der Waals surface area contributed by atoms with Gasteiger partial charge in [0.15, 0.2) is 5.82 Å². The van der Waals surface area contributed by atoms with Crippen molar-refractivity contribution in [1.29, 1.82) is 0 Å². The number of aromatic nitrogens is 3. The monoisotopic (exact) mass is 338 g/mol. The fourth-order valence-corrected chi connectivity index (χ4v) is 3.36. The summed E-state index contributed by atoms with van der Waals surface area (Å²) in [7, 11) is 0. The van der Waals surface area contributed by atoms with Crippen LogP contribution < -0.4 is 5.32 Å². The van der Waals surface area contributed by atoms with Crippen LogP contribution in [0.1, 0.15) is 25.7 Å². The van der Waals surface area contributed by atoms with E-state index < -0.39 is 0 Å². The van der Waals surface area contributed by atoms with Crippen LogP contribution in [0.5, 0.6) is 0 Å². The third kappa shape index (κ3) is 3.02. The Kier molecular flexibility index (Phi) is 3.98. The number of allylic oxidation sites excluding steroid dienone is 1. The number of rotatable bonds is 3. The lowest BCUT2D eigenvalue weighted by molar-refractivity contribution is 0.540. The first kappa shape index (κ1) is 15.2. The first-order valence-corrected chi connectivity index (χ1v) is 8.61. The van der Waals surface area contributed by atoms with E-state index in [1.165, 1.54) is 5.57 Å². The Morgan fingerprint density at radius 1 is 1.17 bits per heavy atom. The minimum absolute atomic E-state index is 0.427. The molecule has 0 spiro atoms. The Labute approximate surface area is 146 Å². The maximum absolute atomic E-state index is 6.11. The van der Waals surface area contributed by atoms with Crippen molar-refractivity contribution in [3.05, 3.63) is 53.7 Å². The van der Waals surface area contributed by atoms with Gasteiger partial charge in [0.25, 0.3) is 0 Å². The quantitative estimate of drug-likeness (QED) is 0.646.